The maximum absolute atomic E-state index is 12.3. The van der Waals surface area contributed by atoms with E-state index in [-0.39, 0.29) is 12.3 Å². The monoisotopic (exact) mass is 337 g/mol. The molecule has 0 aliphatic heterocycles. The quantitative estimate of drug-likeness (QED) is 0.411. The number of hydrogen-bond acceptors (Lipinski definition) is 6. The van der Waals surface area contributed by atoms with Crippen LogP contribution in [0.1, 0.15) is 27.3 Å². The molecular weight excluding hydrogens is 322 g/mol. The van der Waals surface area contributed by atoms with Gasteiger partial charge in [-0.3, -0.25) is 10.1 Å². The molecule has 0 atom stereocenters. The summed E-state index contributed by atoms with van der Waals surface area (Å²) in [5.74, 6) is -0.569. The number of rotatable bonds is 4. The molecule has 0 saturated heterocycles. The van der Waals surface area contributed by atoms with E-state index in [1.807, 2.05) is 13.8 Å². The highest BCUT2D eigenvalue weighted by Crippen LogP contribution is 2.20. The maximum Gasteiger partial charge on any atom is 0.338 e. The molecule has 7 nitrogen and oxygen atoms in total. The highest BCUT2D eigenvalue weighted by Gasteiger charge is 2.15. The minimum atomic E-state index is -0.569. The van der Waals surface area contributed by atoms with E-state index < -0.39 is 10.9 Å². The summed E-state index contributed by atoms with van der Waals surface area (Å²) < 4.78 is 5.22. The maximum atomic E-state index is 12.3. The number of para-hydroxylation sites is 1. The molecule has 0 saturated carbocycles. The summed E-state index contributed by atoms with van der Waals surface area (Å²) in [6, 6.07) is 11.1. The van der Waals surface area contributed by atoms with Crippen LogP contribution in [0.2, 0.25) is 0 Å². The van der Waals surface area contributed by atoms with Crippen LogP contribution >= 0.6 is 0 Å². The van der Waals surface area contributed by atoms with Gasteiger partial charge in [-0.05, 0) is 38.1 Å². The zero-order valence-corrected chi connectivity index (χ0v) is 13.7. The number of nitrogens with zero attached hydrogens (tertiary/aromatic N) is 3. The molecule has 126 valence electrons. The Morgan fingerprint density at radius 1 is 1.08 bits per heavy atom. The molecule has 3 aromatic rings. The minimum Gasteiger partial charge on any atom is -0.457 e. The molecule has 0 N–H and O–H groups in total. The third kappa shape index (κ3) is 3.45. The Morgan fingerprint density at radius 3 is 2.48 bits per heavy atom. The van der Waals surface area contributed by atoms with Gasteiger partial charge in [0.25, 0.3) is 5.69 Å². The van der Waals surface area contributed by atoms with Crippen LogP contribution in [0.4, 0.5) is 5.69 Å². The van der Waals surface area contributed by atoms with Gasteiger partial charge in [0.15, 0.2) is 0 Å². The van der Waals surface area contributed by atoms with Gasteiger partial charge in [-0.25, -0.2) is 14.8 Å². The van der Waals surface area contributed by atoms with Crippen molar-refractivity contribution >= 4 is 22.7 Å². The number of nitro benzene ring substituents is 1. The number of benzene rings is 2. The van der Waals surface area contributed by atoms with Crippen LogP contribution in [0, 0.1) is 24.0 Å². The number of esters is 1. The van der Waals surface area contributed by atoms with Crippen molar-refractivity contribution in [3.63, 3.8) is 0 Å². The molecule has 25 heavy (non-hydrogen) atoms. The molecule has 0 bridgehead atoms. The molecule has 2 aromatic carbocycles. The average Bonchev–Trinajstić information content (AvgIpc) is 2.60. The van der Waals surface area contributed by atoms with Gasteiger partial charge in [-0.2, -0.15) is 0 Å². The van der Waals surface area contributed by atoms with Crippen molar-refractivity contribution < 1.29 is 14.5 Å². The molecule has 1 aromatic heterocycles. The third-order valence-corrected chi connectivity index (χ3v) is 3.86. The second-order valence-corrected chi connectivity index (χ2v) is 5.56. The van der Waals surface area contributed by atoms with E-state index in [1.54, 1.807) is 36.4 Å². The van der Waals surface area contributed by atoms with E-state index in [0.717, 1.165) is 11.4 Å². The molecule has 0 spiro atoms. The highest BCUT2D eigenvalue weighted by molar-refractivity contribution is 5.93. The molecule has 0 unspecified atom stereocenters. The fourth-order valence-electron chi connectivity index (χ4n) is 2.40. The number of ether oxygens (including phenoxy) is 1. The van der Waals surface area contributed by atoms with Gasteiger partial charge < -0.3 is 4.74 Å². The Kier molecular flexibility index (Phi) is 4.38. The first-order valence-corrected chi connectivity index (χ1v) is 7.60. The smallest absolute Gasteiger partial charge is 0.338 e. The van der Waals surface area contributed by atoms with E-state index in [0.29, 0.717) is 22.2 Å². The number of carbonyl (C=O) groups excluding carboxylic acids is 1. The Labute approximate surface area is 143 Å². The first kappa shape index (κ1) is 16.5. The predicted octanol–water partition coefficient (Wildman–Crippen LogP) is 3.51. The summed E-state index contributed by atoms with van der Waals surface area (Å²) in [7, 11) is 0. The van der Waals surface area contributed by atoms with Gasteiger partial charge in [0.2, 0.25) is 0 Å². The Bertz CT molecular complexity index is 985. The van der Waals surface area contributed by atoms with Crippen LogP contribution in [0.25, 0.3) is 11.0 Å². The number of aryl methyl sites for hydroxylation is 2. The van der Waals surface area contributed by atoms with Gasteiger partial charge in [-0.15, -0.1) is 0 Å². The van der Waals surface area contributed by atoms with E-state index in [1.165, 1.54) is 6.07 Å². The molecule has 7 heteroatoms. The van der Waals surface area contributed by atoms with Crippen molar-refractivity contribution in [2.24, 2.45) is 0 Å². The molecule has 0 fully saturated rings. The summed E-state index contributed by atoms with van der Waals surface area (Å²) in [6.07, 6.45) is 0. The molecular formula is C18H15N3O4. The van der Waals surface area contributed by atoms with Gasteiger partial charge in [0.1, 0.15) is 6.61 Å². The first-order chi connectivity index (χ1) is 12.0. The van der Waals surface area contributed by atoms with Crippen molar-refractivity contribution in [3.05, 3.63) is 75.1 Å². The molecule has 0 radical (unpaired) electrons. The number of nitro groups is 1. The van der Waals surface area contributed by atoms with Crippen molar-refractivity contribution in [3.8, 4) is 0 Å². The fraction of sp³-hybridized carbons (Fsp3) is 0.167. The van der Waals surface area contributed by atoms with E-state index >= 15 is 0 Å². The molecule has 0 aliphatic carbocycles. The number of hydrogen-bond donors (Lipinski definition) is 0. The first-order valence-electron chi connectivity index (χ1n) is 7.60. The molecule has 0 amide bonds. The second kappa shape index (κ2) is 6.64. The van der Waals surface area contributed by atoms with Crippen molar-refractivity contribution in [1.29, 1.82) is 0 Å². The SMILES string of the molecule is Cc1nc2ccc(C(=O)OCc3ccccc3[N+](=O)[O-])cc2nc1C. The van der Waals surface area contributed by atoms with Crippen LogP contribution in [0.15, 0.2) is 42.5 Å². The van der Waals surface area contributed by atoms with Gasteiger partial charge in [0, 0.05) is 6.07 Å². The topological polar surface area (TPSA) is 95.2 Å². The molecule has 1 heterocycles. The summed E-state index contributed by atoms with van der Waals surface area (Å²) in [5, 5.41) is 11.0. The lowest BCUT2D eigenvalue weighted by molar-refractivity contribution is -0.385. The van der Waals surface area contributed by atoms with Crippen molar-refractivity contribution in [2.75, 3.05) is 0 Å². The lowest BCUT2D eigenvalue weighted by atomic mass is 10.1. The summed E-state index contributed by atoms with van der Waals surface area (Å²) in [6.45, 7) is 3.55. The van der Waals surface area contributed by atoms with Crippen LogP contribution in [0.5, 0.6) is 0 Å². The van der Waals surface area contributed by atoms with E-state index in [4.69, 9.17) is 4.74 Å². The minimum absolute atomic E-state index is 0.0780. The summed E-state index contributed by atoms with van der Waals surface area (Å²) in [4.78, 5) is 31.6. The largest absolute Gasteiger partial charge is 0.457 e. The van der Waals surface area contributed by atoms with Crippen LogP contribution in [-0.4, -0.2) is 20.9 Å². The van der Waals surface area contributed by atoms with Crippen LogP contribution in [-0.2, 0) is 11.3 Å². The third-order valence-electron chi connectivity index (χ3n) is 3.86. The Morgan fingerprint density at radius 2 is 1.76 bits per heavy atom. The second-order valence-electron chi connectivity index (χ2n) is 5.56. The Balaban J connectivity index is 1.81. The Hall–Kier alpha value is -3.35. The number of fused-ring (bicyclic) bond motifs is 1. The van der Waals surface area contributed by atoms with E-state index in [9.17, 15) is 14.9 Å². The molecule has 3 rings (SSSR count). The predicted molar refractivity (Wildman–Crippen MR) is 91.2 cm³/mol. The number of aromatic nitrogens is 2. The zero-order valence-electron chi connectivity index (χ0n) is 13.7. The highest BCUT2D eigenvalue weighted by atomic mass is 16.6. The van der Waals surface area contributed by atoms with Gasteiger partial charge >= 0.3 is 5.97 Å². The van der Waals surface area contributed by atoms with Gasteiger partial charge in [0.05, 0.1) is 38.5 Å². The molecule has 0 aliphatic rings. The van der Waals surface area contributed by atoms with Crippen molar-refractivity contribution in [2.45, 2.75) is 20.5 Å². The lowest BCUT2D eigenvalue weighted by Gasteiger charge is -2.07. The van der Waals surface area contributed by atoms with Crippen LogP contribution < -0.4 is 0 Å². The van der Waals surface area contributed by atoms with E-state index in [2.05, 4.69) is 9.97 Å². The lowest BCUT2D eigenvalue weighted by Crippen LogP contribution is -2.07. The number of carbonyl (C=O) groups is 1. The standard InChI is InChI=1S/C18H15N3O4/c1-11-12(2)20-16-9-13(7-8-15(16)19-11)18(22)25-10-14-5-3-4-6-17(14)21(23)24/h3-9H,10H2,1-2H3. The zero-order chi connectivity index (χ0) is 18.0. The summed E-state index contributed by atoms with van der Waals surface area (Å²) in [5.41, 5.74) is 3.50. The summed E-state index contributed by atoms with van der Waals surface area (Å²) >= 11 is 0. The van der Waals surface area contributed by atoms with Crippen LogP contribution in [0.3, 0.4) is 0 Å². The van der Waals surface area contributed by atoms with Crippen molar-refractivity contribution in [1.82, 2.24) is 9.97 Å². The fourth-order valence-corrected chi connectivity index (χ4v) is 2.40. The van der Waals surface area contributed by atoms with Gasteiger partial charge in [-0.1, -0.05) is 12.1 Å². The normalized spacial score (nSPS) is 10.6. The average molecular weight is 337 g/mol.